The van der Waals surface area contributed by atoms with Crippen molar-refractivity contribution < 1.29 is 14.4 Å². The zero-order chi connectivity index (χ0) is 22.1. The minimum absolute atomic E-state index is 0.203. The molecule has 158 valence electrons. The van der Waals surface area contributed by atoms with E-state index in [-0.39, 0.29) is 17.7 Å². The van der Waals surface area contributed by atoms with E-state index in [1.54, 1.807) is 31.0 Å². The quantitative estimate of drug-likeness (QED) is 0.634. The molecule has 0 spiro atoms. The monoisotopic (exact) mass is 436 g/mol. The summed E-state index contributed by atoms with van der Waals surface area (Å²) in [4.78, 5) is 37.9. The van der Waals surface area contributed by atoms with Crippen LogP contribution in [0.2, 0.25) is 5.02 Å². The Kier molecular flexibility index (Phi) is 5.61. The first-order valence-corrected chi connectivity index (χ1v) is 10.2. The van der Waals surface area contributed by atoms with Crippen LogP contribution in [0.1, 0.15) is 34.8 Å². The SMILES string of the molecule is CN(C(=O)c1ccn(C)n1)c1ccc(-c2cccc(C3CCC(=O)NC3=O)c2Cl)cc1. The lowest BCUT2D eigenvalue weighted by atomic mass is 9.88. The van der Waals surface area contributed by atoms with Crippen molar-refractivity contribution in [2.24, 2.45) is 7.05 Å². The summed E-state index contributed by atoms with van der Waals surface area (Å²) in [5, 5.41) is 7.02. The highest BCUT2D eigenvalue weighted by molar-refractivity contribution is 6.34. The van der Waals surface area contributed by atoms with E-state index in [0.717, 1.165) is 16.8 Å². The molecular formula is C23H21ClN4O3. The highest BCUT2D eigenvalue weighted by Crippen LogP contribution is 2.37. The van der Waals surface area contributed by atoms with E-state index in [1.165, 1.54) is 4.90 Å². The number of aryl methyl sites for hydroxylation is 1. The summed E-state index contributed by atoms with van der Waals surface area (Å²) in [6.45, 7) is 0. The molecule has 1 atom stereocenters. The maximum absolute atomic E-state index is 12.6. The molecule has 0 radical (unpaired) electrons. The Morgan fingerprint density at radius 2 is 1.90 bits per heavy atom. The zero-order valence-corrected chi connectivity index (χ0v) is 17.9. The fraction of sp³-hybridized carbons (Fsp3) is 0.217. The molecule has 1 fully saturated rings. The van der Waals surface area contributed by atoms with Crippen LogP contribution in [0.4, 0.5) is 5.69 Å². The molecule has 1 N–H and O–H groups in total. The molecule has 7 nitrogen and oxygen atoms in total. The average Bonchev–Trinajstić information content (AvgIpc) is 3.20. The minimum atomic E-state index is -0.452. The fourth-order valence-electron chi connectivity index (χ4n) is 3.72. The van der Waals surface area contributed by atoms with Gasteiger partial charge in [-0.2, -0.15) is 5.10 Å². The Hall–Kier alpha value is -3.45. The number of amides is 3. The van der Waals surface area contributed by atoms with Crippen molar-refractivity contribution in [1.82, 2.24) is 15.1 Å². The van der Waals surface area contributed by atoms with Gasteiger partial charge in [0, 0.05) is 38.0 Å². The number of imide groups is 1. The molecule has 0 bridgehead atoms. The number of hydrogen-bond donors (Lipinski definition) is 1. The standard InChI is InChI=1S/C23H21ClN4O3/c1-27-13-12-19(26-27)23(31)28(2)15-8-6-14(7-9-15)16-4-3-5-17(21(16)24)18-10-11-20(29)25-22(18)30/h3-9,12-13,18H,10-11H2,1-2H3,(H,25,29,30). The van der Waals surface area contributed by atoms with Crippen LogP contribution in [0.15, 0.2) is 54.7 Å². The smallest absolute Gasteiger partial charge is 0.278 e. The largest absolute Gasteiger partial charge is 0.310 e. The van der Waals surface area contributed by atoms with Crippen molar-refractivity contribution in [2.75, 3.05) is 11.9 Å². The summed E-state index contributed by atoms with van der Waals surface area (Å²) in [5.74, 6) is -1.23. The van der Waals surface area contributed by atoms with Gasteiger partial charge in [0.15, 0.2) is 5.69 Å². The number of benzene rings is 2. The van der Waals surface area contributed by atoms with Crippen molar-refractivity contribution in [3.05, 3.63) is 71.0 Å². The number of carbonyl (C=O) groups is 3. The van der Waals surface area contributed by atoms with Gasteiger partial charge in [-0.15, -0.1) is 0 Å². The van der Waals surface area contributed by atoms with Crippen LogP contribution >= 0.6 is 11.6 Å². The molecule has 31 heavy (non-hydrogen) atoms. The first kappa shape index (κ1) is 20.8. The first-order chi connectivity index (χ1) is 14.8. The Labute approximate surface area is 184 Å². The summed E-state index contributed by atoms with van der Waals surface area (Å²) in [7, 11) is 3.46. The summed E-state index contributed by atoms with van der Waals surface area (Å²) in [5.41, 5.74) is 3.44. The van der Waals surface area contributed by atoms with Crippen LogP contribution in [0, 0.1) is 0 Å². The number of hydrogen-bond acceptors (Lipinski definition) is 4. The summed E-state index contributed by atoms with van der Waals surface area (Å²) < 4.78 is 1.58. The van der Waals surface area contributed by atoms with E-state index >= 15 is 0 Å². The molecule has 3 amide bonds. The second-order valence-corrected chi connectivity index (χ2v) is 7.88. The van der Waals surface area contributed by atoms with E-state index in [1.807, 2.05) is 42.5 Å². The molecule has 0 aliphatic carbocycles. The Bertz CT molecular complexity index is 1170. The lowest BCUT2D eigenvalue weighted by Crippen LogP contribution is -2.39. The molecule has 0 saturated carbocycles. The molecule has 1 aliphatic heterocycles. The predicted octanol–water partition coefficient (Wildman–Crippen LogP) is 3.54. The summed E-state index contributed by atoms with van der Waals surface area (Å²) in [6, 6.07) is 14.7. The van der Waals surface area contributed by atoms with Gasteiger partial charge in [0.25, 0.3) is 5.91 Å². The van der Waals surface area contributed by atoms with E-state index in [2.05, 4.69) is 10.4 Å². The van der Waals surface area contributed by atoms with Crippen LogP contribution in [0.25, 0.3) is 11.1 Å². The summed E-state index contributed by atoms with van der Waals surface area (Å²) >= 11 is 6.67. The summed E-state index contributed by atoms with van der Waals surface area (Å²) in [6.07, 6.45) is 2.46. The van der Waals surface area contributed by atoms with Gasteiger partial charge in [0.2, 0.25) is 11.8 Å². The molecule has 4 rings (SSSR count). The molecule has 2 heterocycles. The maximum Gasteiger partial charge on any atom is 0.278 e. The molecule has 2 aromatic carbocycles. The van der Waals surface area contributed by atoms with Gasteiger partial charge in [-0.1, -0.05) is 41.9 Å². The van der Waals surface area contributed by atoms with Crippen molar-refractivity contribution in [2.45, 2.75) is 18.8 Å². The normalized spacial score (nSPS) is 16.2. The minimum Gasteiger partial charge on any atom is -0.310 e. The maximum atomic E-state index is 12.6. The van der Waals surface area contributed by atoms with Crippen LogP contribution in [0.3, 0.4) is 0 Å². The predicted molar refractivity (Wildman–Crippen MR) is 118 cm³/mol. The third-order valence-electron chi connectivity index (χ3n) is 5.45. The number of aromatic nitrogens is 2. The molecule has 1 aliphatic rings. The number of nitrogens with one attached hydrogen (secondary N) is 1. The van der Waals surface area contributed by atoms with E-state index in [0.29, 0.717) is 29.1 Å². The highest BCUT2D eigenvalue weighted by atomic mass is 35.5. The third-order valence-corrected chi connectivity index (χ3v) is 5.87. The molecule has 1 aromatic heterocycles. The highest BCUT2D eigenvalue weighted by Gasteiger charge is 2.30. The van der Waals surface area contributed by atoms with Gasteiger partial charge in [0.1, 0.15) is 0 Å². The first-order valence-electron chi connectivity index (χ1n) is 9.85. The van der Waals surface area contributed by atoms with E-state index < -0.39 is 5.92 Å². The van der Waals surface area contributed by atoms with Crippen molar-refractivity contribution in [3.63, 3.8) is 0 Å². The number of rotatable bonds is 4. The van der Waals surface area contributed by atoms with Gasteiger partial charge < -0.3 is 4.90 Å². The number of piperidine rings is 1. The molecule has 8 heteroatoms. The Morgan fingerprint density at radius 3 is 2.55 bits per heavy atom. The zero-order valence-electron chi connectivity index (χ0n) is 17.1. The number of carbonyl (C=O) groups excluding carboxylic acids is 3. The van der Waals surface area contributed by atoms with Gasteiger partial charge in [0.05, 0.1) is 10.9 Å². The molecule has 1 unspecified atom stereocenters. The second-order valence-electron chi connectivity index (χ2n) is 7.50. The van der Waals surface area contributed by atoms with E-state index in [4.69, 9.17) is 11.6 Å². The van der Waals surface area contributed by atoms with Gasteiger partial charge >= 0.3 is 0 Å². The average molecular weight is 437 g/mol. The van der Waals surface area contributed by atoms with Crippen LogP contribution in [-0.4, -0.2) is 34.5 Å². The van der Waals surface area contributed by atoms with Crippen LogP contribution in [0.5, 0.6) is 0 Å². The third kappa shape index (κ3) is 4.09. The lowest BCUT2D eigenvalue weighted by Gasteiger charge is -2.23. The topological polar surface area (TPSA) is 84.3 Å². The van der Waals surface area contributed by atoms with Crippen molar-refractivity contribution in [1.29, 1.82) is 0 Å². The number of nitrogens with zero attached hydrogens (tertiary/aromatic N) is 3. The number of anilines is 1. The van der Waals surface area contributed by atoms with Gasteiger partial charge in [-0.3, -0.25) is 24.4 Å². The fourth-order valence-corrected chi connectivity index (χ4v) is 4.08. The molecular weight excluding hydrogens is 416 g/mol. The second kappa shape index (κ2) is 8.35. The lowest BCUT2D eigenvalue weighted by molar-refractivity contribution is -0.134. The Morgan fingerprint density at radius 1 is 1.16 bits per heavy atom. The van der Waals surface area contributed by atoms with Crippen LogP contribution < -0.4 is 10.2 Å². The van der Waals surface area contributed by atoms with Crippen molar-refractivity contribution >= 4 is 35.0 Å². The van der Waals surface area contributed by atoms with E-state index in [9.17, 15) is 14.4 Å². The molecule has 3 aromatic rings. The molecule has 1 saturated heterocycles. The van der Waals surface area contributed by atoms with Gasteiger partial charge in [-0.05, 0) is 35.7 Å². The Balaban J connectivity index is 1.59. The van der Waals surface area contributed by atoms with Gasteiger partial charge in [-0.25, -0.2) is 0 Å². The number of halogens is 1. The van der Waals surface area contributed by atoms with Crippen LogP contribution in [-0.2, 0) is 16.6 Å². The van der Waals surface area contributed by atoms with Crippen molar-refractivity contribution in [3.8, 4) is 11.1 Å².